The van der Waals surface area contributed by atoms with Crippen LogP contribution < -0.4 is 51.4 Å². The van der Waals surface area contributed by atoms with Gasteiger partial charge >= 0.3 is 51.4 Å². The van der Waals surface area contributed by atoms with Crippen molar-refractivity contribution in [3.8, 4) is 0 Å². The molecule has 1 aromatic carbocycles. The van der Waals surface area contributed by atoms with Gasteiger partial charge in [-0.15, -0.1) is 12.7 Å². The molecule has 0 heterocycles. The molecule has 0 fully saturated rings. The van der Waals surface area contributed by atoms with Gasteiger partial charge in [-0.25, -0.2) is 0 Å². The molecule has 1 atom stereocenters. The largest absolute Gasteiger partial charge is 1.00 e. The molecule has 0 saturated carbocycles. The van der Waals surface area contributed by atoms with Crippen molar-refractivity contribution in [2.75, 3.05) is 7.05 Å². The van der Waals surface area contributed by atoms with E-state index in [-0.39, 0.29) is 57.4 Å². The Morgan fingerprint density at radius 1 is 1.39 bits per heavy atom. The van der Waals surface area contributed by atoms with Crippen LogP contribution >= 0.6 is 0 Å². The summed E-state index contributed by atoms with van der Waals surface area (Å²) in [6.07, 6.45) is 6.35. The van der Waals surface area contributed by atoms with Crippen LogP contribution in [0.25, 0.3) is 5.32 Å². The summed E-state index contributed by atoms with van der Waals surface area (Å²) in [4.78, 5) is 4.57. The molecule has 3 heteroatoms. The number of hydrogen-bond acceptors (Lipinski definition) is 1. The van der Waals surface area contributed by atoms with Gasteiger partial charge in [0.05, 0.1) is 6.04 Å². The summed E-state index contributed by atoms with van der Waals surface area (Å²) < 4.78 is 0. The Morgan fingerprint density at radius 2 is 2.06 bits per heavy atom. The smallest absolute Gasteiger partial charge is 0.686 e. The van der Waals surface area contributed by atoms with Gasteiger partial charge in [0.25, 0.3) is 0 Å². The van der Waals surface area contributed by atoms with Crippen LogP contribution in [0, 0.1) is 0 Å². The van der Waals surface area contributed by atoms with E-state index >= 15 is 0 Å². The molecule has 2 nitrogen and oxygen atoms in total. The van der Waals surface area contributed by atoms with E-state index in [4.69, 9.17) is 0 Å². The van der Waals surface area contributed by atoms with E-state index in [0.717, 1.165) is 12.1 Å². The third-order valence-corrected chi connectivity index (χ3v) is 2.50. The van der Waals surface area contributed by atoms with E-state index < -0.39 is 0 Å². The molecule has 0 aromatic heterocycles. The second-order valence-corrected chi connectivity index (χ2v) is 3.66. The van der Waals surface area contributed by atoms with E-state index in [9.17, 15) is 0 Å². The summed E-state index contributed by atoms with van der Waals surface area (Å²) in [6.45, 7) is 5.79. The van der Waals surface area contributed by atoms with Gasteiger partial charge in [-0.1, -0.05) is 56.0 Å². The maximum absolute atomic E-state index is 4.57. The Hall–Kier alpha value is -0.194. The zero-order valence-electron chi connectivity index (χ0n) is 11.5. The van der Waals surface area contributed by atoms with Crippen molar-refractivity contribution in [2.45, 2.75) is 19.4 Å². The molecular weight excluding hydrogens is 247 g/mol. The van der Waals surface area contributed by atoms with Gasteiger partial charge in [0.15, 0.2) is 0 Å². The van der Waals surface area contributed by atoms with Gasteiger partial charge < -0.3 is 5.32 Å². The maximum atomic E-state index is 4.57. The number of allylic oxidation sites excluding steroid dienone is 3. The van der Waals surface area contributed by atoms with Crippen LogP contribution in [0.4, 0.5) is 0 Å². The Morgan fingerprint density at radius 3 is 2.56 bits per heavy atom. The minimum Gasteiger partial charge on any atom is -0.686 e. The van der Waals surface area contributed by atoms with E-state index in [1.807, 2.05) is 30.5 Å². The summed E-state index contributed by atoms with van der Waals surface area (Å²) in [6, 6.07) is 10.5. The number of nitrogens with zero attached hydrogens (tertiary/aromatic N) is 2. The summed E-state index contributed by atoms with van der Waals surface area (Å²) in [5.74, 6) is 0. The fourth-order valence-electron chi connectivity index (χ4n) is 1.56. The Balaban J connectivity index is 0.00000289. The van der Waals surface area contributed by atoms with Crippen LogP contribution in [0.3, 0.4) is 0 Å². The quantitative estimate of drug-likeness (QED) is 0.421. The Labute approximate surface area is 153 Å². The summed E-state index contributed by atoms with van der Waals surface area (Å²) >= 11 is 0. The SMILES string of the molecule is C=C/C=C(/C=NC(CC)c1ccccc1)[N-]C.[K+]. The third-order valence-electron chi connectivity index (χ3n) is 2.50. The molecule has 18 heavy (non-hydrogen) atoms. The molecule has 90 valence electrons. The predicted octanol–water partition coefficient (Wildman–Crippen LogP) is 1.29. The average molecular weight is 266 g/mol. The fourth-order valence-corrected chi connectivity index (χ4v) is 1.56. The first-order chi connectivity index (χ1) is 8.31. The molecule has 0 aliphatic rings. The first kappa shape index (κ1) is 17.8. The number of rotatable bonds is 6. The van der Waals surface area contributed by atoms with Crippen molar-refractivity contribution in [1.29, 1.82) is 0 Å². The van der Waals surface area contributed by atoms with Crippen molar-refractivity contribution in [2.24, 2.45) is 4.99 Å². The van der Waals surface area contributed by atoms with E-state index in [1.165, 1.54) is 5.56 Å². The molecule has 1 unspecified atom stereocenters. The molecule has 0 bridgehead atoms. The Kier molecular flexibility index (Phi) is 10.6. The molecule has 0 aliphatic heterocycles. The van der Waals surface area contributed by atoms with E-state index in [1.54, 1.807) is 13.1 Å². The van der Waals surface area contributed by atoms with Crippen LogP contribution in [-0.2, 0) is 0 Å². The van der Waals surface area contributed by atoms with Gasteiger partial charge in [0.1, 0.15) is 0 Å². The normalized spacial score (nSPS) is 12.9. The topological polar surface area (TPSA) is 26.5 Å². The van der Waals surface area contributed by atoms with E-state index in [2.05, 4.69) is 35.9 Å². The molecule has 0 spiro atoms. The monoisotopic (exact) mass is 266 g/mol. The third kappa shape index (κ3) is 6.11. The van der Waals surface area contributed by atoms with Crippen molar-refractivity contribution in [3.05, 3.63) is 65.6 Å². The molecule has 0 radical (unpaired) electrons. The van der Waals surface area contributed by atoms with Gasteiger partial charge in [-0.2, -0.15) is 0 Å². The standard InChI is InChI=1S/C15H19N2.K/c1-4-9-14(16-3)12-17-15(5-2)13-10-7-6-8-11-13;/h4,6-12,15H,1,5H2,2-3H3;/q-1;+1/b14-9-,17-12?;. The molecule has 0 saturated heterocycles. The number of benzene rings is 1. The number of aliphatic imine (C=N–C) groups is 1. The van der Waals surface area contributed by atoms with Crippen molar-refractivity contribution < 1.29 is 51.4 Å². The summed E-state index contributed by atoms with van der Waals surface area (Å²) in [5, 5.41) is 4.12. The van der Waals surface area contributed by atoms with Crippen LogP contribution in [0.1, 0.15) is 24.9 Å². The van der Waals surface area contributed by atoms with Crippen LogP contribution in [0.15, 0.2) is 59.8 Å². The van der Waals surface area contributed by atoms with Crippen molar-refractivity contribution in [1.82, 2.24) is 0 Å². The van der Waals surface area contributed by atoms with Crippen LogP contribution in [-0.4, -0.2) is 13.3 Å². The van der Waals surface area contributed by atoms with Gasteiger partial charge in [-0.05, 0) is 12.0 Å². The Bertz CT molecular complexity index is 396. The van der Waals surface area contributed by atoms with Crippen LogP contribution in [0.5, 0.6) is 0 Å². The average Bonchev–Trinajstić information content (AvgIpc) is 2.39. The molecular formula is C15H19KN2. The minimum absolute atomic E-state index is 0. The second-order valence-electron chi connectivity index (χ2n) is 3.66. The van der Waals surface area contributed by atoms with Gasteiger partial charge in [-0.3, -0.25) is 4.99 Å². The molecule has 1 aromatic rings. The molecule has 0 N–H and O–H groups in total. The van der Waals surface area contributed by atoms with Gasteiger partial charge in [0.2, 0.25) is 0 Å². The first-order valence-corrected chi connectivity index (χ1v) is 5.82. The molecule has 1 rings (SSSR count). The van der Waals surface area contributed by atoms with E-state index in [0.29, 0.717) is 0 Å². The summed E-state index contributed by atoms with van der Waals surface area (Å²) in [5.41, 5.74) is 2.08. The zero-order valence-corrected chi connectivity index (χ0v) is 14.6. The van der Waals surface area contributed by atoms with Gasteiger partial charge in [0, 0.05) is 6.21 Å². The number of hydrogen-bond donors (Lipinski definition) is 0. The molecule has 0 amide bonds. The summed E-state index contributed by atoms with van der Waals surface area (Å²) in [7, 11) is 1.75. The zero-order chi connectivity index (χ0) is 12.5. The minimum atomic E-state index is 0. The second kappa shape index (κ2) is 10.7. The first-order valence-electron chi connectivity index (χ1n) is 5.82. The fraction of sp³-hybridized carbons (Fsp3) is 0.267. The van der Waals surface area contributed by atoms with Crippen molar-refractivity contribution >= 4 is 6.21 Å². The van der Waals surface area contributed by atoms with Crippen LogP contribution in [0.2, 0.25) is 0 Å². The predicted molar refractivity (Wildman–Crippen MR) is 75.5 cm³/mol. The molecule has 0 aliphatic carbocycles. The maximum Gasteiger partial charge on any atom is 1.00 e. The van der Waals surface area contributed by atoms with Crippen molar-refractivity contribution in [3.63, 3.8) is 0 Å².